The highest BCUT2D eigenvalue weighted by Gasteiger charge is 2.22. The normalized spacial score (nSPS) is 17.4. The zero-order valence-corrected chi connectivity index (χ0v) is 9.86. The fourth-order valence-electron chi connectivity index (χ4n) is 2.41. The molecule has 1 heterocycles. The molecule has 1 aromatic rings. The lowest BCUT2D eigenvalue weighted by Gasteiger charge is -2.32. The molecule has 1 aliphatic rings. The average Bonchev–Trinajstić information content (AvgIpc) is 2.39. The lowest BCUT2D eigenvalue weighted by atomic mass is 9.89. The Bertz CT molecular complexity index is 339. The maximum Gasteiger partial charge on any atom is 0.222 e. The molecule has 0 spiro atoms. The highest BCUT2D eigenvalue weighted by molar-refractivity contribution is 5.75. The van der Waals surface area contributed by atoms with E-state index in [1.54, 1.807) is 0 Å². The number of hydrogen-bond acceptors (Lipinski definition) is 1. The molecule has 1 aliphatic heterocycles. The van der Waals surface area contributed by atoms with Crippen LogP contribution in [0.1, 0.15) is 37.7 Å². The monoisotopic (exact) mass is 217 g/mol. The SMILES string of the molecule is CCC(=O)N1CCC(c2ccccc2)CC1. The summed E-state index contributed by atoms with van der Waals surface area (Å²) < 4.78 is 0. The maximum absolute atomic E-state index is 11.5. The lowest BCUT2D eigenvalue weighted by Crippen LogP contribution is -2.37. The van der Waals surface area contributed by atoms with Crippen LogP contribution in [0.3, 0.4) is 0 Å². The van der Waals surface area contributed by atoms with Crippen molar-refractivity contribution < 1.29 is 4.79 Å². The van der Waals surface area contributed by atoms with Gasteiger partial charge in [-0.25, -0.2) is 0 Å². The number of carbonyl (C=O) groups is 1. The Hall–Kier alpha value is -1.31. The van der Waals surface area contributed by atoms with Gasteiger partial charge in [-0.05, 0) is 24.3 Å². The van der Waals surface area contributed by atoms with Gasteiger partial charge in [-0.15, -0.1) is 0 Å². The summed E-state index contributed by atoms with van der Waals surface area (Å²) in [5, 5.41) is 0. The van der Waals surface area contributed by atoms with E-state index < -0.39 is 0 Å². The molecule has 0 radical (unpaired) electrons. The molecule has 0 aliphatic carbocycles. The van der Waals surface area contributed by atoms with Crippen LogP contribution in [-0.4, -0.2) is 23.9 Å². The number of nitrogens with zero attached hydrogens (tertiary/aromatic N) is 1. The Morgan fingerprint density at radius 1 is 1.25 bits per heavy atom. The van der Waals surface area contributed by atoms with Crippen LogP contribution in [0.4, 0.5) is 0 Å². The van der Waals surface area contributed by atoms with Crippen molar-refractivity contribution in [2.45, 2.75) is 32.1 Å². The number of piperidine rings is 1. The maximum atomic E-state index is 11.5. The summed E-state index contributed by atoms with van der Waals surface area (Å²) in [6, 6.07) is 10.6. The van der Waals surface area contributed by atoms with Gasteiger partial charge in [0.15, 0.2) is 0 Å². The molecule has 2 heteroatoms. The summed E-state index contributed by atoms with van der Waals surface area (Å²) >= 11 is 0. The Morgan fingerprint density at radius 3 is 2.44 bits per heavy atom. The fourth-order valence-corrected chi connectivity index (χ4v) is 2.41. The fraction of sp³-hybridized carbons (Fsp3) is 0.500. The Labute approximate surface area is 97.3 Å². The summed E-state index contributed by atoms with van der Waals surface area (Å²) in [5.41, 5.74) is 1.42. The second kappa shape index (κ2) is 5.15. The van der Waals surface area contributed by atoms with Gasteiger partial charge in [0.05, 0.1) is 0 Å². The molecule has 1 aromatic carbocycles. The minimum absolute atomic E-state index is 0.298. The van der Waals surface area contributed by atoms with Gasteiger partial charge in [0.25, 0.3) is 0 Å². The van der Waals surface area contributed by atoms with E-state index in [-0.39, 0.29) is 0 Å². The van der Waals surface area contributed by atoms with Crippen LogP contribution in [0, 0.1) is 0 Å². The smallest absolute Gasteiger partial charge is 0.222 e. The minimum Gasteiger partial charge on any atom is -0.343 e. The van der Waals surface area contributed by atoms with E-state index >= 15 is 0 Å². The number of hydrogen-bond donors (Lipinski definition) is 0. The lowest BCUT2D eigenvalue weighted by molar-refractivity contribution is -0.131. The number of likely N-dealkylation sites (tertiary alicyclic amines) is 1. The van der Waals surface area contributed by atoms with E-state index in [9.17, 15) is 4.79 Å². The van der Waals surface area contributed by atoms with E-state index in [4.69, 9.17) is 0 Å². The van der Waals surface area contributed by atoms with Gasteiger partial charge in [0.2, 0.25) is 5.91 Å². The minimum atomic E-state index is 0.298. The Balaban J connectivity index is 1.93. The third-order valence-corrected chi connectivity index (χ3v) is 3.42. The average molecular weight is 217 g/mol. The number of rotatable bonds is 2. The molecule has 0 bridgehead atoms. The first-order valence-electron chi connectivity index (χ1n) is 6.14. The van der Waals surface area contributed by atoms with Gasteiger partial charge < -0.3 is 4.90 Å². The van der Waals surface area contributed by atoms with Gasteiger partial charge >= 0.3 is 0 Å². The van der Waals surface area contributed by atoms with E-state index in [1.807, 2.05) is 11.8 Å². The third-order valence-electron chi connectivity index (χ3n) is 3.42. The topological polar surface area (TPSA) is 20.3 Å². The summed E-state index contributed by atoms with van der Waals surface area (Å²) in [7, 11) is 0. The third kappa shape index (κ3) is 2.43. The van der Waals surface area contributed by atoms with Gasteiger partial charge in [0, 0.05) is 19.5 Å². The highest BCUT2D eigenvalue weighted by Crippen LogP contribution is 2.27. The van der Waals surface area contributed by atoms with Gasteiger partial charge in [-0.2, -0.15) is 0 Å². The molecule has 1 saturated heterocycles. The number of benzene rings is 1. The predicted molar refractivity (Wildman–Crippen MR) is 65.3 cm³/mol. The summed E-state index contributed by atoms with van der Waals surface area (Å²) in [6.07, 6.45) is 2.85. The molecule has 16 heavy (non-hydrogen) atoms. The van der Waals surface area contributed by atoms with E-state index in [0.29, 0.717) is 18.2 Å². The zero-order valence-electron chi connectivity index (χ0n) is 9.86. The van der Waals surface area contributed by atoms with Crippen molar-refractivity contribution in [3.8, 4) is 0 Å². The molecule has 0 atom stereocenters. The van der Waals surface area contributed by atoms with Crippen molar-refractivity contribution >= 4 is 5.91 Å². The molecule has 1 amide bonds. The van der Waals surface area contributed by atoms with Crippen LogP contribution in [0.25, 0.3) is 0 Å². The first-order chi connectivity index (χ1) is 7.81. The summed E-state index contributed by atoms with van der Waals surface area (Å²) in [6.45, 7) is 3.78. The first-order valence-corrected chi connectivity index (χ1v) is 6.14. The van der Waals surface area contributed by atoms with Crippen LogP contribution >= 0.6 is 0 Å². The van der Waals surface area contributed by atoms with Crippen LogP contribution in [0.15, 0.2) is 30.3 Å². The van der Waals surface area contributed by atoms with E-state index in [2.05, 4.69) is 30.3 Å². The highest BCUT2D eigenvalue weighted by atomic mass is 16.2. The van der Waals surface area contributed by atoms with Crippen molar-refractivity contribution in [1.82, 2.24) is 4.90 Å². The van der Waals surface area contributed by atoms with E-state index in [1.165, 1.54) is 5.56 Å². The quantitative estimate of drug-likeness (QED) is 0.746. The van der Waals surface area contributed by atoms with Crippen molar-refractivity contribution in [3.05, 3.63) is 35.9 Å². The van der Waals surface area contributed by atoms with Crippen molar-refractivity contribution in [1.29, 1.82) is 0 Å². The first kappa shape index (κ1) is 11.2. The molecule has 0 unspecified atom stereocenters. The molecule has 1 fully saturated rings. The summed E-state index contributed by atoms with van der Waals surface area (Å²) in [5.74, 6) is 0.939. The van der Waals surface area contributed by atoms with Gasteiger partial charge in [-0.1, -0.05) is 37.3 Å². The Kier molecular flexibility index (Phi) is 3.60. The van der Waals surface area contributed by atoms with Crippen LogP contribution < -0.4 is 0 Å². The van der Waals surface area contributed by atoms with Crippen LogP contribution in [0.2, 0.25) is 0 Å². The molecule has 2 nitrogen and oxygen atoms in total. The second-order valence-corrected chi connectivity index (χ2v) is 4.42. The molecule has 0 aromatic heterocycles. The Morgan fingerprint density at radius 2 is 1.88 bits per heavy atom. The predicted octanol–water partition coefficient (Wildman–Crippen LogP) is 2.80. The number of carbonyl (C=O) groups excluding carboxylic acids is 1. The number of amides is 1. The van der Waals surface area contributed by atoms with Gasteiger partial charge in [0.1, 0.15) is 0 Å². The van der Waals surface area contributed by atoms with Crippen LogP contribution in [-0.2, 0) is 4.79 Å². The molecule has 0 N–H and O–H groups in total. The largest absolute Gasteiger partial charge is 0.343 e. The van der Waals surface area contributed by atoms with E-state index in [0.717, 1.165) is 25.9 Å². The molecule has 2 rings (SSSR count). The zero-order chi connectivity index (χ0) is 11.4. The summed E-state index contributed by atoms with van der Waals surface area (Å²) in [4.78, 5) is 13.5. The molecular weight excluding hydrogens is 198 g/mol. The van der Waals surface area contributed by atoms with Crippen molar-refractivity contribution in [2.24, 2.45) is 0 Å². The second-order valence-electron chi connectivity index (χ2n) is 4.42. The van der Waals surface area contributed by atoms with Crippen molar-refractivity contribution in [2.75, 3.05) is 13.1 Å². The molecular formula is C14H19NO. The van der Waals surface area contributed by atoms with Crippen molar-refractivity contribution in [3.63, 3.8) is 0 Å². The standard InChI is InChI=1S/C14H19NO/c1-2-14(16)15-10-8-13(9-11-15)12-6-4-3-5-7-12/h3-7,13H,2,8-11H2,1H3. The van der Waals surface area contributed by atoms with Gasteiger partial charge in [-0.3, -0.25) is 4.79 Å². The molecule has 86 valence electrons. The molecule has 0 saturated carbocycles. The van der Waals surface area contributed by atoms with Crippen LogP contribution in [0.5, 0.6) is 0 Å².